The summed E-state index contributed by atoms with van der Waals surface area (Å²) in [7, 11) is 0. The number of rotatable bonds is 5. The first-order valence-electron chi connectivity index (χ1n) is 10.7. The van der Waals surface area contributed by atoms with Crippen LogP contribution in [-0.2, 0) is 12.8 Å². The molecule has 4 aromatic rings. The van der Waals surface area contributed by atoms with Gasteiger partial charge in [-0.3, -0.25) is 14.6 Å². The molecule has 0 bridgehead atoms. The largest absolute Gasteiger partial charge is 0.319 e. The first kappa shape index (κ1) is 21.4. The van der Waals surface area contributed by atoms with Gasteiger partial charge in [0.05, 0.1) is 17.1 Å². The molecule has 2 aromatic heterocycles. The van der Waals surface area contributed by atoms with E-state index in [1.165, 1.54) is 30.5 Å². The third-order valence-electron chi connectivity index (χ3n) is 5.59. The SMILES string of the molecule is O=C(Nc1ccc(F)cc1NC(=O)c1nn(-c2ccc(F)cc2)c2c1CCC2)c1ccccn1. The summed E-state index contributed by atoms with van der Waals surface area (Å²) < 4.78 is 29.0. The number of anilines is 2. The van der Waals surface area contributed by atoms with Crippen LogP contribution in [0.5, 0.6) is 0 Å². The van der Waals surface area contributed by atoms with Gasteiger partial charge in [0.25, 0.3) is 11.8 Å². The fraction of sp³-hybridized carbons (Fsp3) is 0.120. The van der Waals surface area contributed by atoms with Gasteiger partial charge in [-0.15, -0.1) is 0 Å². The van der Waals surface area contributed by atoms with Gasteiger partial charge in [-0.1, -0.05) is 6.07 Å². The van der Waals surface area contributed by atoms with Crippen LogP contribution in [0, 0.1) is 11.6 Å². The van der Waals surface area contributed by atoms with Crippen LogP contribution < -0.4 is 10.6 Å². The molecular formula is C25H19F2N5O2. The van der Waals surface area contributed by atoms with E-state index in [1.807, 2.05) is 0 Å². The number of fused-ring (bicyclic) bond motifs is 1. The number of aromatic nitrogens is 3. The zero-order chi connectivity index (χ0) is 23.7. The number of nitrogens with one attached hydrogen (secondary N) is 2. The Labute approximate surface area is 193 Å². The minimum atomic E-state index is -0.576. The molecule has 2 aromatic carbocycles. The predicted octanol–water partition coefficient (Wildman–Crippen LogP) is 4.54. The number of hydrogen-bond donors (Lipinski definition) is 2. The molecule has 0 unspecified atom stereocenters. The standard InChI is InChI=1S/C25H19F2N5O2/c26-15-7-10-17(11-8-15)32-22-6-3-4-18(22)23(31-32)25(34)30-21-14-16(27)9-12-19(21)29-24(33)20-5-1-2-13-28-20/h1-2,5,7-14H,3-4,6H2,(H,29,33)(H,30,34). The average Bonchev–Trinajstić information content (AvgIpc) is 3.45. The molecule has 1 aliphatic rings. The minimum Gasteiger partial charge on any atom is -0.319 e. The van der Waals surface area contributed by atoms with Gasteiger partial charge in [-0.2, -0.15) is 5.10 Å². The smallest absolute Gasteiger partial charge is 0.276 e. The second-order valence-electron chi connectivity index (χ2n) is 7.83. The zero-order valence-corrected chi connectivity index (χ0v) is 17.9. The molecule has 0 spiro atoms. The molecule has 0 fully saturated rings. The normalized spacial score (nSPS) is 12.3. The lowest BCUT2D eigenvalue weighted by molar-refractivity contribution is 0.101. The first-order chi connectivity index (χ1) is 16.5. The maximum absolute atomic E-state index is 14.0. The Morgan fingerprint density at radius 3 is 2.38 bits per heavy atom. The lowest BCUT2D eigenvalue weighted by Crippen LogP contribution is -2.19. The van der Waals surface area contributed by atoms with Crippen LogP contribution in [0.15, 0.2) is 66.9 Å². The highest BCUT2D eigenvalue weighted by atomic mass is 19.1. The maximum Gasteiger partial charge on any atom is 0.276 e. The Kier molecular flexibility index (Phi) is 5.59. The fourth-order valence-electron chi connectivity index (χ4n) is 4.01. The van der Waals surface area contributed by atoms with Crippen molar-refractivity contribution < 1.29 is 18.4 Å². The molecule has 0 saturated heterocycles. The Balaban J connectivity index is 1.44. The Morgan fingerprint density at radius 1 is 0.853 bits per heavy atom. The van der Waals surface area contributed by atoms with Crippen LogP contribution in [0.3, 0.4) is 0 Å². The topological polar surface area (TPSA) is 88.9 Å². The van der Waals surface area contributed by atoms with Crippen LogP contribution in [0.25, 0.3) is 5.69 Å². The average molecular weight is 459 g/mol. The number of pyridine rings is 1. The van der Waals surface area contributed by atoms with Crippen molar-refractivity contribution in [3.8, 4) is 5.69 Å². The molecular weight excluding hydrogens is 440 g/mol. The summed E-state index contributed by atoms with van der Waals surface area (Å²) in [6.45, 7) is 0. The summed E-state index contributed by atoms with van der Waals surface area (Å²) in [5.74, 6) is -1.97. The second kappa shape index (κ2) is 8.86. The summed E-state index contributed by atoms with van der Waals surface area (Å²) in [6.07, 6.45) is 3.75. The summed E-state index contributed by atoms with van der Waals surface area (Å²) in [5.41, 5.74) is 3.05. The highest BCUT2D eigenvalue weighted by Gasteiger charge is 2.27. The summed E-state index contributed by atoms with van der Waals surface area (Å²) >= 11 is 0. The zero-order valence-electron chi connectivity index (χ0n) is 17.9. The van der Waals surface area contributed by atoms with Crippen molar-refractivity contribution in [1.82, 2.24) is 14.8 Å². The monoisotopic (exact) mass is 459 g/mol. The molecule has 0 radical (unpaired) electrons. The molecule has 1 aliphatic carbocycles. The summed E-state index contributed by atoms with van der Waals surface area (Å²) in [4.78, 5) is 29.7. The van der Waals surface area contributed by atoms with E-state index in [9.17, 15) is 18.4 Å². The van der Waals surface area contributed by atoms with Crippen LogP contribution in [0.4, 0.5) is 20.2 Å². The van der Waals surface area contributed by atoms with Crippen molar-refractivity contribution in [2.24, 2.45) is 0 Å². The number of hydrogen-bond acceptors (Lipinski definition) is 4. The highest BCUT2D eigenvalue weighted by Crippen LogP contribution is 2.30. The van der Waals surface area contributed by atoms with Crippen LogP contribution in [-0.4, -0.2) is 26.6 Å². The molecule has 2 N–H and O–H groups in total. The van der Waals surface area contributed by atoms with E-state index in [4.69, 9.17) is 0 Å². The van der Waals surface area contributed by atoms with E-state index >= 15 is 0 Å². The molecule has 9 heteroatoms. The quantitative estimate of drug-likeness (QED) is 0.459. The van der Waals surface area contributed by atoms with Gasteiger partial charge in [0.15, 0.2) is 5.69 Å². The Hall–Kier alpha value is -4.40. The number of halogens is 2. The fourth-order valence-corrected chi connectivity index (χ4v) is 4.01. The third-order valence-corrected chi connectivity index (χ3v) is 5.59. The number of carbonyl (C=O) groups is 2. The second-order valence-corrected chi connectivity index (χ2v) is 7.83. The van der Waals surface area contributed by atoms with Gasteiger partial charge in [0.2, 0.25) is 0 Å². The first-order valence-corrected chi connectivity index (χ1v) is 10.7. The van der Waals surface area contributed by atoms with E-state index in [2.05, 4.69) is 20.7 Å². The van der Waals surface area contributed by atoms with Gasteiger partial charge >= 0.3 is 0 Å². The number of nitrogens with zero attached hydrogens (tertiary/aromatic N) is 3. The van der Waals surface area contributed by atoms with Crippen LogP contribution in [0.2, 0.25) is 0 Å². The molecule has 2 heterocycles. The van der Waals surface area contributed by atoms with E-state index in [0.29, 0.717) is 12.1 Å². The van der Waals surface area contributed by atoms with Crippen molar-refractivity contribution in [3.05, 3.63) is 101 Å². The molecule has 2 amide bonds. The molecule has 34 heavy (non-hydrogen) atoms. The summed E-state index contributed by atoms with van der Waals surface area (Å²) in [6, 6.07) is 14.4. The Bertz CT molecular complexity index is 1380. The molecule has 7 nitrogen and oxygen atoms in total. The number of benzene rings is 2. The summed E-state index contributed by atoms with van der Waals surface area (Å²) in [5, 5.41) is 9.81. The minimum absolute atomic E-state index is 0.0948. The van der Waals surface area contributed by atoms with Crippen molar-refractivity contribution in [2.75, 3.05) is 10.6 Å². The molecule has 0 atom stereocenters. The molecule has 5 rings (SSSR count). The van der Waals surface area contributed by atoms with Gasteiger partial charge in [-0.05, 0) is 73.9 Å². The lowest BCUT2D eigenvalue weighted by Gasteiger charge is -2.12. The van der Waals surface area contributed by atoms with Gasteiger partial charge in [-0.25, -0.2) is 13.5 Å². The van der Waals surface area contributed by atoms with Crippen molar-refractivity contribution >= 4 is 23.2 Å². The number of carbonyl (C=O) groups excluding carboxylic acids is 2. The van der Waals surface area contributed by atoms with E-state index in [0.717, 1.165) is 30.2 Å². The van der Waals surface area contributed by atoms with Gasteiger partial charge < -0.3 is 10.6 Å². The predicted molar refractivity (Wildman–Crippen MR) is 122 cm³/mol. The Morgan fingerprint density at radius 2 is 1.62 bits per heavy atom. The number of amides is 2. The lowest BCUT2D eigenvalue weighted by atomic mass is 10.1. The third kappa shape index (κ3) is 4.15. The molecule has 170 valence electrons. The highest BCUT2D eigenvalue weighted by molar-refractivity contribution is 6.09. The van der Waals surface area contributed by atoms with Crippen LogP contribution >= 0.6 is 0 Å². The van der Waals surface area contributed by atoms with Crippen molar-refractivity contribution in [3.63, 3.8) is 0 Å². The van der Waals surface area contributed by atoms with Crippen molar-refractivity contribution in [1.29, 1.82) is 0 Å². The van der Waals surface area contributed by atoms with E-state index in [-0.39, 0.29) is 28.6 Å². The van der Waals surface area contributed by atoms with Gasteiger partial charge in [0, 0.05) is 17.5 Å². The van der Waals surface area contributed by atoms with Crippen LogP contribution in [0.1, 0.15) is 38.7 Å². The molecule has 0 aliphatic heterocycles. The maximum atomic E-state index is 14.0. The van der Waals surface area contributed by atoms with Crippen molar-refractivity contribution in [2.45, 2.75) is 19.3 Å². The van der Waals surface area contributed by atoms with E-state index < -0.39 is 17.6 Å². The molecule has 0 saturated carbocycles. The van der Waals surface area contributed by atoms with E-state index in [1.54, 1.807) is 35.0 Å². The van der Waals surface area contributed by atoms with Gasteiger partial charge in [0.1, 0.15) is 17.3 Å².